The Hall–Kier alpha value is -3.08. The first kappa shape index (κ1) is 17.3. The van der Waals surface area contributed by atoms with Crippen molar-refractivity contribution >= 4 is 16.9 Å². The number of fused-ring (bicyclic) bond motifs is 1. The van der Waals surface area contributed by atoms with E-state index in [4.69, 9.17) is 4.74 Å². The molecule has 5 nitrogen and oxygen atoms in total. The smallest absolute Gasteiger partial charge is 0.334 e. The molecule has 0 N–H and O–H groups in total. The highest BCUT2D eigenvalue weighted by atomic mass is 16.5. The van der Waals surface area contributed by atoms with Crippen molar-refractivity contribution in [2.24, 2.45) is 0 Å². The lowest BCUT2D eigenvalue weighted by molar-refractivity contribution is 0.189. The standard InChI is InChI=1S/C22H23N3O2/c1-2-15-24-20-9-6-14-23-21(20)25(22(24)26)18-10-12-19(13-11-18)27-16-17-7-4-3-5-8-17/h3-10,12,14H,2,11,13,15-16H2,1H3. The van der Waals surface area contributed by atoms with E-state index in [0.717, 1.165) is 47.4 Å². The van der Waals surface area contributed by atoms with E-state index in [0.29, 0.717) is 13.2 Å². The molecule has 0 radical (unpaired) electrons. The Morgan fingerprint density at radius 2 is 1.93 bits per heavy atom. The van der Waals surface area contributed by atoms with E-state index in [1.807, 2.05) is 47.1 Å². The number of imidazole rings is 1. The third-order valence-corrected chi connectivity index (χ3v) is 4.78. The summed E-state index contributed by atoms with van der Waals surface area (Å²) in [5.74, 6) is 0.945. The molecule has 0 atom stereocenters. The fourth-order valence-electron chi connectivity index (χ4n) is 3.45. The Bertz CT molecular complexity index is 1060. The monoisotopic (exact) mass is 361 g/mol. The van der Waals surface area contributed by atoms with E-state index in [9.17, 15) is 4.79 Å². The highest BCUT2D eigenvalue weighted by Crippen LogP contribution is 2.25. The number of allylic oxidation sites excluding steroid dienone is 4. The molecular formula is C22H23N3O2. The molecule has 0 aliphatic heterocycles. The van der Waals surface area contributed by atoms with Crippen LogP contribution in [0.1, 0.15) is 31.7 Å². The van der Waals surface area contributed by atoms with Gasteiger partial charge in [-0.05, 0) is 42.7 Å². The normalized spacial score (nSPS) is 14.1. The van der Waals surface area contributed by atoms with Crippen LogP contribution in [0.3, 0.4) is 0 Å². The molecule has 2 heterocycles. The zero-order valence-corrected chi connectivity index (χ0v) is 15.5. The number of aryl methyl sites for hydroxylation is 1. The highest BCUT2D eigenvalue weighted by Gasteiger charge is 2.18. The summed E-state index contributed by atoms with van der Waals surface area (Å²) in [5.41, 5.74) is 3.71. The van der Waals surface area contributed by atoms with E-state index in [1.54, 1.807) is 10.8 Å². The fourth-order valence-corrected chi connectivity index (χ4v) is 3.45. The summed E-state index contributed by atoms with van der Waals surface area (Å²) in [4.78, 5) is 17.4. The molecule has 4 rings (SSSR count). The molecule has 0 unspecified atom stereocenters. The second-order valence-corrected chi connectivity index (χ2v) is 6.68. The van der Waals surface area contributed by atoms with Gasteiger partial charge in [-0.15, -0.1) is 0 Å². The van der Waals surface area contributed by atoms with Crippen molar-refractivity contribution in [1.29, 1.82) is 0 Å². The summed E-state index contributed by atoms with van der Waals surface area (Å²) in [5, 5.41) is 0. The molecule has 138 valence electrons. The molecule has 0 saturated carbocycles. The van der Waals surface area contributed by atoms with E-state index < -0.39 is 0 Å². The predicted octanol–water partition coefficient (Wildman–Crippen LogP) is 4.34. The molecule has 0 fully saturated rings. The van der Waals surface area contributed by atoms with Crippen molar-refractivity contribution < 1.29 is 4.74 Å². The maximum absolute atomic E-state index is 13.0. The van der Waals surface area contributed by atoms with Crippen molar-refractivity contribution in [2.45, 2.75) is 39.3 Å². The minimum atomic E-state index is -0.0150. The first-order valence-electron chi connectivity index (χ1n) is 9.41. The Labute approximate surface area is 158 Å². The number of hydrogen-bond acceptors (Lipinski definition) is 3. The van der Waals surface area contributed by atoms with Crippen LogP contribution < -0.4 is 5.69 Å². The van der Waals surface area contributed by atoms with Crippen molar-refractivity contribution in [3.8, 4) is 0 Å². The van der Waals surface area contributed by atoms with Crippen molar-refractivity contribution in [3.63, 3.8) is 0 Å². The van der Waals surface area contributed by atoms with Gasteiger partial charge in [-0.2, -0.15) is 0 Å². The lowest BCUT2D eigenvalue weighted by Gasteiger charge is -2.16. The Morgan fingerprint density at radius 1 is 1.07 bits per heavy atom. The van der Waals surface area contributed by atoms with Crippen LogP contribution >= 0.6 is 0 Å². The Morgan fingerprint density at radius 3 is 2.67 bits per heavy atom. The zero-order chi connectivity index (χ0) is 18.6. The van der Waals surface area contributed by atoms with Crippen molar-refractivity contribution in [3.05, 3.63) is 82.6 Å². The van der Waals surface area contributed by atoms with Gasteiger partial charge in [0.25, 0.3) is 0 Å². The van der Waals surface area contributed by atoms with Crippen molar-refractivity contribution in [1.82, 2.24) is 14.1 Å². The average molecular weight is 361 g/mol. The first-order valence-corrected chi connectivity index (χ1v) is 9.41. The number of rotatable bonds is 6. The maximum atomic E-state index is 13.0. The highest BCUT2D eigenvalue weighted by molar-refractivity contribution is 5.76. The van der Waals surface area contributed by atoms with Crippen LogP contribution in [0, 0.1) is 0 Å². The SMILES string of the molecule is CCCn1c(=O)n(C2=CC=C(OCc3ccccc3)CC2)c2ncccc21. The molecule has 0 bridgehead atoms. The van der Waals surface area contributed by atoms with Crippen LogP contribution in [0.15, 0.2) is 71.4 Å². The largest absolute Gasteiger partial charge is 0.493 e. The molecule has 3 aromatic rings. The number of benzene rings is 1. The van der Waals surface area contributed by atoms with E-state index in [-0.39, 0.29) is 5.69 Å². The van der Waals surface area contributed by atoms with Crippen LogP contribution in [0.4, 0.5) is 0 Å². The minimum Gasteiger partial charge on any atom is -0.493 e. The fraction of sp³-hybridized carbons (Fsp3) is 0.273. The Kier molecular flexibility index (Phi) is 4.92. The summed E-state index contributed by atoms with van der Waals surface area (Å²) in [6, 6.07) is 14.0. The van der Waals surface area contributed by atoms with Gasteiger partial charge < -0.3 is 4.74 Å². The van der Waals surface area contributed by atoms with Crippen LogP contribution in [-0.4, -0.2) is 14.1 Å². The number of ether oxygens (including phenoxy) is 1. The molecule has 1 aromatic carbocycles. The number of hydrogen-bond donors (Lipinski definition) is 0. The zero-order valence-electron chi connectivity index (χ0n) is 15.5. The van der Waals surface area contributed by atoms with E-state index >= 15 is 0 Å². The van der Waals surface area contributed by atoms with Gasteiger partial charge in [0, 0.05) is 24.9 Å². The number of aromatic nitrogens is 3. The van der Waals surface area contributed by atoms with Gasteiger partial charge in [0.05, 0.1) is 11.3 Å². The molecular weight excluding hydrogens is 338 g/mol. The van der Waals surface area contributed by atoms with Crippen molar-refractivity contribution in [2.75, 3.05) is 0 Å². The summed E-state index contributed by atoms with van der Waals surface area (Å²) < 4.78 is 9.48. The van der Waals surface area contributed by atoms with Gasteiger partial charge in [0.2, 0.25) is 0 Å². The number of pyridine rings is 1. The second kappa shape index (κ2) is 7.66. The molecule has 5 heteroatoms. The second-order valence-electron chi connectivity index (χ2n) is 6.68. The maximum Gasteiger partial charge on any atom is 0.334 e. The van der Waals surface area contributed by atoms with Gasteiger partial charge in [0.15, 0.2) is 5.65 Å². The average Bonchev–Trinajstić information content (AvgIpc) is 3.00. The van der Waals surface area contributed by atoms with Crippen LogP contribution in [0.2, 0.25) is 0 Å². The summed E-state index contributed by atoms with van der Waals surface area (Å²) in [6.07, 6.45) is 8.13. The molecule has 0 spiro atoms. The van der Waals surface area contributed by atoms with Gasteiger partial charge >= 0.3 is 5.69 Å². The summed E-state index contributed by atoms with van der Waals surface area (Å²) >= 11 is 0. The third-order valence-electron chi connectivity index (χ3n) is 4.78. The van der Waals surface area contributed by atoms with Gasteiger partial charge in [-0.25, -0.2) is 14.3 Å². The molecule has 2 aromatic heterocycles. The van der Waals surface area contributed by atoms with E-state index in [2.05, 4.69) is 24.0 Å². The van der Waals surface area contributed by atoms with Crippen LogP contribution in [0.5, 0.6) is 0 Å². The topological polar surface area (TPSA) is 49.0 Å². The quantitative estimate of drug-likeness (QED) is 0.656. The van der Waals surface area contributed by atoms with Gasteiger partial charge in [-0.3, -0.25) is 4.57 Å². The summed E-state index contributed by atoms with van der Waals surface area (Å²) in [7, 11) is 0. The molecule has 0 saturated heterocycles. The van der Waals surface area contributed by atoms with Gasteiger partial charge in [-0.1, -0.05) is 37.3 Å². The van der Waals surface area contributed by atoms with Crippen LogP contribution in [-0.2, 0) is 17.9 Å². The lowest BCUT2D eigenvalue weighted by atomic mass is 10.1. The predicted molar refractivity (Wildman–Crippen MR) is 107 cm³/mol. The van der Waals surface area contributed by atoms with Gasteiger partial charge in [0.1, 0.15) is 6.61 Å². The molecule has 0 amide bonds. The third kappa shape index (κ3) is 3.45. The molecule has 27 heavy (non-hydrogen) atoms. The lowest BCUT2D eigenvalue weighted by Crippen LogP contribution is -2.24. The molecule has 1 aliphatic carbocycles. The van der Waals surface area contributed by atoms with E-state index in [1.165, 1.54) is 0 Å². The summed E-state index contributed by atoms with van der Waals surface area (Å²) in [6.45, 7) is 3.33. The first-order chi connectivity index (χ1) is 13.3. The van der Waals surface area contributed by atoms with Crippen LogP contribution in [0.25, 0.3) is 16.9 Å². The molecule has 1 aliphatic rings. The Balaban J connectivity index is 1.61. The number of nitrogens with zero attached hydrogens (tertiary/aromatic N) is 3. The minimum absolute atomic E-state index is 0.0150.